The third-order valence-corrected chi connectivity index (χ3v) is 5.44. The van der Waals surface area contributed by atoms with Crippen LogP contribution in [-0.4, -0.2) is 30.9 Å². The predicted octanol–water partition coefficient (Wildman–Crippen LogP) is 3.79. The summed E-state index contributed by atoms with van der Waals surface area (Å²) in [7, 11) is 0. The molecular formula is C23H22FN3O3. The number of imide groups is 2. The van der Waals surface area contributed by atoms with Crippen molar-refractivity contribution in [1.29, 1.82) is 0 Å². The first-order valence-electron chi connectivity index (χ1n) is 9.97. The Labute approximate surface area is 174 Å². The van der Waals surface area contributed by atoms with Gasteiger partial charge < -0.3 is 4.90 Å². The van der Waals surface area contributed by atoms with Crippen LogP contribution in [0, 0.1) is 12.7 Å². The van der Waals surface area contributed by atoms with Gasteiger partial charge in [-0.1, -0.05) is 24.3 Å². The van der Waals surface area contributed by atoms with Crippen molar-refractivity contribution in [1.82, 2.24) is 5.32 Å². The van der Waals surface area contributed by atoms with Crippen LogP contribution in [0.2, 0.25) is 0 Å². The molecule has 0 aromatic heterocycles. The average Bonchev–Trinajstić information content (AvgIpc) is 2.73. The number of halogens is 1. The molecule has 2 aromatic rings. The molecule has 0 radical (unpaired) electrons. The molecule has 2 saturated heterocycles. The van der Waals surface area contributed by atoms with Gasteiger partial charge in [0.25, 0.3) is 11.8 Å². The maximum Gasteiger partial charge on any atom is 0.335 e. The summed E-state index contributed by atoms with van der Waals surface area (Å²) in [5, 5.41) is 2.19. The van der Waals surface area contributed by atoms with Crippen LogP contribution >= 0.6 is 0 Å². The standard InChI is InChI=1S/C23H22FN3O3/c1-15-7-3-4-8-19(15)27-22(29)17(21(28)25-23(27)30)13-16-9-10-20(18(24)14-16)26-11-5-2-6-12-26/h3-4,7-10,13-14H,2,5-6,11-12H2,1H3,(H,25,28,30)/b17-13+. The van der Waals surface area contributed by atoms with Crippen molar-refractivity contribution in [3.8, 4) is 0 Å². The lowest BCUT2D eigenvalue weighted by atomic mass is 10.0. The fraction of sp³-hybridized carbons (Fsp3) is 0.261. The van der Waals surface area contributed by atoms with Crippen molar-refractivity contribution in [2.24, 2.45) is 0 Å². The Balaban J connectivity index is 1.66. The van der Waals surface area contributed by atoms with Crippen molar-refractivity contribution in [2.75, 3.05) is 22.9 Å². The third-order valence-electron chi connectivity index (χ3n) is 5.44. The number of benzene rings is 2. The van der Waals surface area contributed by atoms with E-state index in [0.717, 1.165) is 37.3 Å². The number of para-hydroxylation sites is 1. The monoisotopic (exact) mass is 407 g/mol. The minimum atomic E-state index is -0.803. The number of hydrogen-bond donors (Lipinski definition) is 1. The molecule has 2 aliphatic heterocycles. The number of carbonyl (C=O) groups is 3. The van der Waals surface area contributed by atoms with Crippen LogP contribution in [0.1, 0.15) is 30.4 Å². The van der Waals surface area contributed by atoms with Gasteiger partial charge in [0.1, 0.15) is 11.4 Å². The van der Waals surface area contributed by atoms with E-state index in [1.165, 1.54) is 12.1 Å². The van der Waals surface area contributed by atoms with E-state index in [1.54, 1.807) is 43.3 Å². The van der Waals surface area contributed by atoms with E-state index in [1.807, 2.05) is 4.90 Å². The molecule has 6 nitrogen and oxygen atoms in total. The number of nitrogens with one attached hydrogen (secondary N) is 1. The lowest BCUT2D eigenvalue weighted by Gasteiger charge is -2.29. The molecule has 0 bridgehead atoms. The molecule has 7 heteroatoms. The molecule has 0 atom stereocenters. The van der Waals surface area contributed by atoms with Gasteiger partial charge in [0.2, 0.25) is 0 Å². The molecular weight excluding hydrogens is 385 g/mol. The van der Waals surface area contributed by atoms with Crippen molar-refractivity contribution >= 4 is 35.3 Å². The summed E-state index contributed by atoms with van der Waals surface area (Å²) in [4.78, 5) is 40.6. The zero-order valence-corrected chi connectivity index (χ0v) is 16.7. The molecule has 0 unspecified atom stereocenters. The highest BCUT2D eigenvalue weighted by Gasteiger charge is 2.37. The molecule has 2 heterocycles. The van der Waals surface area contributed by atoms with Gasteiger partial charge in [-0.25, -0.2) is 14.1 Å². The van der Waals surface area contributed by atoms with E-state index < -0.39 is 23.7 Å². The summed E-state index contributed by atoms with van der Waals surface area (Å²) in [6.07, 6.45) is 4.53. The molecule has 0 saturated carbocycles. The smallest absolute Gasteiger partial charge is 0.335 e. The molecule has 4 rings (SSSR count). The number of amides is 4. The lowest BCUT2D eigenvalue weighted by Crippen LogP contribution is -2.54. The van der Waals surface area contributed by atoms with Crippen molar-refractivity contribution < 1.29 is 18.8 Å². The van der Waals surface area contributed by atoms with E-state index in [4.69, 9.17) is 0 Å². The summed E-state index contributed by atoms with van der Waals surface area (Å²) in [6.45, 7) is 3.39. The summed E-state index contributed by atoms with van der Waals surface area (Å²) in [5.74, 6) is -1.93. The van der Waals surface area contributed by atoms with Crippen LogP contribution in [0.15, 0.2) is 48.0 Å². The highest BCUT2D eigenvalue weighted by Crippen LogP contribution is 2.27. The Bertz CT molecular complexity index is 1060. The number of anilines is 2. The highest BCUT2D eigenvalue weighted by molar-refractivity contribution is 6.39. The van der Waals surface area contributed by atoms with Crippen molar-refractivity contribution in [3.05, 3.63) is 65.0 Å². The number of nitrogens with zero attached hydrogens (tertiary/aromatic N) is 2. The van der Waals surface area contributed by atoms with Gasteiger partial charge in [0, 0.05) is 13.1 Å². The SMILES string of the molecule is Cc1ccccc1N1C(=O)NC(=O)/C(=C\c2ccc(N3CCCCC3)c(F)c2)C1=O. The largest absolute Gasteiger partial charge is 0.369 e. The molecule has 4 amide bonds. The van der Waals surface area contributed by atoms with Crippen LogP contribution in [0.25, 0.3) is 6.08 Å². The van der Waals surface area contributed by atoms with Crippen LogP contribution < -0.4 is 15.1 Å². The van der Waals surface area contributed by atoms with Gasteiger partial charge in [-0.2, -0.15) is 0 Å². The minimum absolute atomic E-state index is 0.219. The second-order valence-electron chi connectivity index (χ2n) is 7.50. The Kier molecular flexibility index (Phi) is 5.35. The molecule has 154 valence electrons. The third kappa shape index (κ3) is 3.70. The summed E-state index contributed by atoms with van der Waals surface area (Å²) >= 11 is 0. The van der Waals surface area contributed by atoms with E-state index in [2.05, 4.69) is 5.32 Å². The predicted molar refractivity (Wildman–Crippen MR) is 113 cm³/mol. The first kappa shape index (κ1) is 19.8. The van der Waals surface area contributed by atoms with Crippen LogP contribution in [-0.2, 0) is 9.59 Å². The molecule has 1 N–H and O–H groups in total. The van der Waals surface area contributed by atoms with Gasteiger partial charge in [-0.05, 0) is 61.6 Å². The van der Waals surface area contributed by atoms with Gasteiger partial charge in [-0.15, -0.1) is 0 Å². The fourth-order valence-electron chi connectivity index (χ4n) is 3.86. The normalized spacial score (nSPS) is 18.7. The fourth-order valence-corrected chi connectivity index (χ4v) is 3.86. The van der Waals surface area contributed by atoms with Gasteiger partial charge >= 0.3 is 6.03 Å². The zero-order valence-electron chi connectivity index (χ0n) is 16.7. The topological polar surface area (TPSA) is 69.7 Å². The Morgan fingerprint density at radius 3 is 2.40 bits per heavy atom. The average molecular weight is 407 g/mol. The summed E-state index contributed by atoms with van der Waals surface area (Å²) in [6, 6.07) is 10.8. The Morgan fingerprint density at radius 2 is 1.70 bits per heavy atom. The number of barbiturate groups is 1. The number of piperidine rings is 1. The van der Waals surface area contributed by atoms with Gasteiger partial charge in [-0.3, -0.25) is 14.9 Å². The molecule has 30 heavy (non-hydrogen) atoms. The quantitative estimate of drug-likeness (QED) is 0.621. The second kappa shape index (κ2) is 8.10. The number of hydrogen-bond acceptors (Lipinski definition) is 4. The molecule has 2 fully saturated rings. The second-order valence-corrected chi connectivity index (χ2v) is 7.50. The van der Waals surface area contributed by atoms with Crippen LogP contribution in [0.4, 0.5) is 20.6 Å². The molecule has 0 aliphatic carbocycles. The van der Waals surface area contributed by atoms with E-state index >= 15 is 0 Å². The van der Waals surface area contributed by atoms with E-state index in [9.17, 15) is 18.8 Å². The first-order valence-corrected chi connectivity index (χ1v) is 9.97. The molecule has 2 aliphatic rings. The van der Waals surface area contributed by atoms with Gasteiger partial charge in [0.05, 0.1) is 11.4 Å². The highest BCUT2D eigenvalue weighted by atomic mass is 19.1. The van der Waals surface area contributed by atoms with Crippen molar-refractivity contribution in [3.63, 3.8) is 0 Å². The lowest BCUT2D eigenvalue weighted by molar-refractivity contribution is -0.122. The molecule has 0 spiro atoms. The number of aryl methyl sites for hydroxylation is 1. The zero-order chi connectivity index (χ0) is 21.3. The summed E-state index contributed by atoms with van der Waals surface area (Å²) in [5.41, 5.74) is 1.79. The first-order chi connectivity index (χ1) is 14.5. The number of urea groups is 1. The van der Waals surface area contributed by atoms with Crippen LogP contribution in [0.5, 0.6) is 0 Å². The minimum Gasteiger partial charge on any atom is -0.369 e. The Hall–Kier alpha value is -3.48. The van der Waals surface area contributed by atoms with Crippen LogP contribution in [0.3, 0.4) is 0 Å². The maximum absolute atomic E-state index is 14.7. The van der Waals surface area contributed by atoms with Gasteiger partial charge in [0.15, 0.2) is 0 Å². The Morgan fingerprint density at radius 1 is 0.967 bits per heavy atom. The number of rotatable bonds is 3. The molecule has 2 aromatic carbocycles. The maximum atomic E-state index is 14.7. The van der Waals surface area contributed by atoms with E-state index in [0.29, 0.717) is 22.5 Å². The van der Waals surface area contributed by atoms with Crippen molar-refractivity contribution in [2.45, 2.75) is 26.2 Å². The number of carbonyl (C=O) groups excluding carboxylic acids is 3. The van der Waals surface area contributed by atoms with E-state index in [-0.39, 0.29) is 5.57 Å². The summed E-state index contributed by atoms with van der Waals surface area (Å²) < 4.78 is 14.7.